The third-order valence-corrected chi connectivity index (χ3v) is 2.98. The van der Waals surface area contributed by atoms with Gasteiger partial charge in [0.25, 0.3) is 11.6 Å². The van der Waals surface area contributed by atoms with Gasteiger partial charge in [0.2, 0.25) is 0 Å². The summed E-state index contributed by atoms with van der Waals surface area (Å²) in [5.74, 6) is -1.10. The maximum atomic E-state index is 13.2. The molecule has 0 aliphatic heterocycles. The van der Waals surface area contributed by atoms with E-state index >= 15 is 0 Å². The number of carbonyl (C=O) groups is 1. The Morgan fingerprint density at radius 2 is 2.11 bits per heavy atom. The van der Waals surface area contributed by atoms with Crippen LogP contribution in [-0.4, -0.2) is 22.8 Å². The molecule has 0 bridgehead atoms. The fraction of sp³-hybridized carbons (Fsp3) is 0.417. The number of nitro benzene ring substituents is 1. The topological polar surface area (TPSA) is 72.2 Å². The number of rotatable bonds is 5. The average Bonchev–Trinajstić information content (AvgIpc) is 2.34. The van der Waals surface area contributed by atoms with E-state index in [-0.39, 0.29) is 23.4 Å². The van der Waals surface area contributed by atoms with E-state index in [9.17, 15) is 19.3 Å². The second kappa shape index (κ2) is 6.47. The third-order valence-electron chi connectivity index (χ3n) is 2.64. The molecule has 104 valence electrons. The van der Waals surface area contributed by atoms with Crippen molar-refractivity contribution in [3.63, 3.8) is 0 Å². The minimum atomic E-state index is -0.827. The normalized spacial score (nSPS) is 12.3. The lowest BCUT2D eigenvalue weighted by Crippen LogP contribution is -2.39. The number of halogens is 2. The molecule has 19 heavy (non-hydrogen) atoms. The molecule has 0 saturated heterocycles. The van der Waals surface area contributed by atoms with Gasteiger partial charge in [-0.15, -0.1) is 11.6 Å². The second-order valence-electron chi connectivity index (χ2n) is 4.43. The van der Waals surface area contributed by atoms with Crippen molar-refractivity contribution < 1.29 is 14.1 Å². The highest BCUT2D eigenvalue weighted by atomic mass is 35.5. The Morgan fingerprint density at radius 1 is 1.47 bits per heavy atom. The van der Waals surface area contributed by atoms with Crippen LogP contribution in [0.1, 0.15) is 24.2 Å². The van der Waals surface area contributed by atoms with E-state index < -0.39 is 22.3 Å². The molecule has 0 radical (unpaired) electrons. The molecule has 0 spiro atoms. The van der Waals surface area contributed by atoms with Gasteiger partial charge in [-0.1, -0.05) is 13.8 Å². The van der Waals surface area contributed by atoms with Crippen molar-refractivity contribution >= 4 is 23.2 Å². The Bertz CT molecular complexity index is 494. The van der Waals surface area contributed by atoms with Crippen LogP contribution in [0.25, 0.3) is 0 Å². The van der Waals surface area contributed by atoms with Gasteiger partial charge in [-0.25, -0.2) is 4.39 Å². The summed E-state index contributed by atoms with van der Waals surface area (Å²) in [5, 5.41) is 13.2. The maximum absolute atomic E-state index is 13.2. The van der Waals surface area contributed by atoms with Gasteiger partial charge in [0.1, 0.15) is 5.82 Å². The number of non-ortho nitro benzene ring substituents is 1. The summed E-state index contributed by atoms with van der Waals surface area (Å²) >= 11 is 5.71. The van der Waals surface area contributed by atoms with Gasteiger partial charge in [0.15, 0.2) is 0 Å². The predicted octanol–water partition coefficient (Wildman–Crippen LogP) is 2.73. The number of alkyl halides is 1. The van der Waals surface area contributed by atoms with Gasteiger partial charge in [0.05, 0.1) is 11.0 Å². The lowest BCUT2D eigenvalue weighted by Gasteiger charge is -2.19. The van der Waals surface area contributed by atoms with Crippen LogP contribution in [-0.2, 0) is 0 Å². The van der Waals surface area contributed by atoms with Crippen LogP contribution in [0, 0.1) is 21.8 Å². The first kappa shape index (κ1) is 15.4. The minimum absolute atomic E-state index is 0.0949. The van der Waals surface area contributed by atoms with E-state index in [4.69, 9.17) is 11.6 Å². The van der Waals surface area contributed by atoms with E-state index in [1.165, 1.54) is 0 Å². The Balaban J connectivity index is 2.96. The van der Waals surface area contributed by atoms with Crippen molar-refractivity contribution in [2.24, 2.45) is 5.92 Å². The summed E-state index contributed by atoms with van der Waals surface area (Å²) in [4.78, 5) is 21.7. The van der Waals surface area contributed by atoms with E-state index in [1.807, 2.05) is 13.8 Å². The van der Waals surface area contributed by atoms with Crippen molar-refractivity contribution in [1.82, 2.24) is 5.32 Å². The number of hydrogen-bond acceptors (Lipinski definition) is 3. The molecule has 1 N–H and O–H groups in total. The summed E-state index contributed by atoms with van der Waals surface area (Å²) < 4.78 is 13.2. The monoisotopic (exact) mass is 288 g/mol. The smallest absolute Gasteiger partial charge is 0.273 e. The fourth-order valence-corrected chi connectivity index (χ4v) is 1.88. The number of amides is 1. The highest BCUT2D eigenvalue weighted by molar-refractivity contribution is 6.18. The number of benzene rings is 1. The van der Waals surface area contributed by atoms with E-state index in [0.29, 0.717) is 0 Å². The van der Waals surface area contributed by atoms with Gasteiger partial charge < -0.3 is 5.32 Å². The molecule has 1 aromatic carbocycles. The fourth-order valence-electron chi connectivity index (χ4n) is 1.45. The SMILES string of the molecule is CC(C)C(CCl)NC(=O)c1cc(F)cc([N+](=O)[O-])c1. The standard InChI is InChI=1S/C12H14ClFN2O3/c1-7(2)11(6-13)15-12(17)8-3-9(14)5-10(4-8)16(18)19/h3-5,7,11H,6H2,1-2H3,(H,15,17). The molecule has 1 rings (SSSR count). The van der Waals surface area contributed by atoms with Gasteiger partial charge in [-0.05, 0) is 12.0 Å². The molecule has 0 aromatic heterocycles. The quantitative estimate of drug-likeness (QED) is 0.514. The van der Waals surface area contributed by atoms with Gasteiger partial charge in [-0.3, -0.25) is 14.9 Å². The van der Waals surface area contributed by atoms with Crippen molar-refractivity contribution in [3.05, 3.63) is 39.7 Å². The number of nitrogens with one attached hydrogen (secondary N) is 1. The first-order valence-electron chi connectivity index (χ1n) is 5.67. The van der Waals surface area contributed by atoms with Gasteiger partial charge in [-0.2, -0.15) is 0 Å². The molecular weight excluding hydrogens is 275 g/mol. The molecule has 0 heterocycles. The molecule has 1 unspecified atom stereocenters. The van der Waals surface area contributed by atoms with Crippen LogP contribution in [0.2, 0.25) is 0 Å². The Labute approximate surface area is 114 Å². The number of hydrogen-bond donors (Lipinski definition) is 1. The average molecular weight is 289 g/mol. The number of nitro groups is 1. The number of nitrogens with zero attached hydrogens (tertiary/aromatic N) is 1. The van der Waals surface area contributed by atoms with Crippen molar-refractivity contribution in [1.29, 1.82) is 0 Å². The molecular formula is C12H14ClFN2O3. The molecule has 1 aromatic rings. The van der Waals surface area contributed by atoms with Crippen molar-refractivity contribution in [2.45, 2.75) is 19.9 Å². The second-order valence-corrected chi connectivity index (χ2v) is 4.74. The van der Waals surface area contributed by atoms with Crippen LogP contribution in [0.5, 0.6) is 0 Å². The minimum Gasteiger partial charge on any atom is -0.348 e. The zero-order valence-electron chi connectivity index (χ0n) is 10.5. The molecule has 0 fully saturated rings. The molecule has 0 aliphatic rings. The largest absolute Gasteiger partial charge is 0.348 e. The maximum Gasteiger partial charge on any atom is 0.273 e. The van der Waals surface area contributed by atoms with Crippen LogP contribution < -0.4 is 5.32 Å². The summed E-state index contributed by atoms with van der Waals surface area (Å²) in [6.45, 7) is 3.75. The van der Waals surface area contributed by atoms with E-state index in [1.54, 1.807) is 0 Å². The molecule has 1 atom stereocenters. The summed E-state index contributed by atoms with van der Waals surface area (Å²) in [6.07, 6.45) is 0. The lowest BCUT2D eigenvalue weighted by molar-refractivity contribution is -0.385. The van der Waals surface area contributed by atoms with Crippen molar-refractivity contribution in [3.8, 4) is 0 Å². The first-order valence-corrected chi connectivity index (χ1v) is 6.20. The molecule has 0 aliphatic carbocycles. The highest BCUT2D eigenvalue weighted by Gasteiger charge is 2.19. The third kappa shape index (κ3) is 4.17. The van der Waals surface area contributed by atoms with Gasteiger partial charge in [0, 0.05) is 23.6 Å². The van der Waals surface area contributed by atoms with E-state index in [0.717, 1.165) is 18.2 Å². The summed E-state index contributed by atoms with van der Waals surface area (Å²) in [6, 6.07) is 2.47. The van der Waals surface area contributed by atoms with E-state index in [2.05, 4.69) is 5.32 Å². The highest BCUT2D eigenvalue weighted by Crippen LogP contribution is 2.16. The summed E-state index contributed by atoms with van der Waals surface area (Å²) in [5.41, 5.74) is -0.556. The Kier molecular flexibility index (Phi) is 5.23. The molecule has 5 nitrogen and oxygen atoms in total. The van der Waals surface area contributed by atoms with Gasteiger partial charge >= 0.3 is 0 Å². The van der Waals surface area contributed by atoms with Crippen LogP contribution in [0.4, 0.5) is 10.1 Å². The molecule has 0 saturated carbocycles. The lowest BCUT2D eigenvalue weighted by atomic mass is 10.1. The first-order chi connectivity index (χ1) is 8.85. The zero-order chi connectivity index (χ0) is 14.6. The van der Waals surface area contributed by atoms with Crippen LogP contribution in [0.3, 0.4) is 0 Å². The number of carbonyl (C=O) groups excluding carboxylic acids is 1. The summed E-state index contributed by atoms with van der Waals surface area (Å²) in [7, 11) is 0. The predicted molar refractivity (Wildman–Crippen MR) is 69.9 cm³/mol. The Morgan fingerprint density at radius 3 is 2.58 bits per heavy atom. The Hall–Kier alpha value is -1.69. The molecule has 1 amide bonds. The van der Waals surface area contributed by atoms with Crippen LogP contribution >= 0.6 is 11.6 Å². The zero-order valence-corrected chi connectivity index (χ0v) is 11.3. The van der Waals surface area contributed by atoms with Crippen molar-refractivity contribution in [2.75, 3.05) is 5.88 Å². The molecule has 7 heteroatoms. The van der Waals surface area contributed by atoms with Crippen LogP contribution in [0.15, 0.2) is 18.2 Å².